The van der Waals surface area contributed by atoms with Crippen LogP contribution in [0.25, 0.3) is 0 Å². The Morgan fingerprint density at radius 3 is 2.74 bits per heavy atom. The van der Waals surface area contributed by atoms with Crippen molar-refractivity contribution in [3.8, 4) is 0 Å². The molecule has 0 radical (unpaired) electrons. The number of anilines is 1. The van der Waals surface area contributed by atoms with E-state index in [0.717, 1.165) is 24.2 Å². The van der Waals surface area contributed by atoms with Crippen molar-refractivity contribution >= 4 is 28.3 Å². The van der Waals surface area contributed by atoms with Crippen LogP contribution in [0, 0.1) is 12.8 Å². The Morgan fingerprint density at radius 2 is 2.21 bits per heavy atom. The molecule has 1 aromatic heterocycles. The molecule has 3 N–H and O–H groups in total. The molecule has 0 saturated carbocycles. The summed E-state index contributed by atoms with van der Waals surface area (Å²) in [6.45, 7) is 4.05. The summed E-state index contributed by atoms with van der Waals surface area (Å²) in [4.78, 5) is 29.7. The maximum Gasteiger partial charge on any atom is 0.326 e. The van der Waals surface area contributed by atoms with Crippen LogP contribution in [0.1, 0.15) is 35.1 Å². The number of piperidine rings is 1. The molecule has 0 aromatic carbocycles. The van der Waals surface area contributed by atoms with Crippen molar-refractivity contribution < 1.29 is 14.7 Å². The molecule has 1 fully saturated rings. The first-order chi connectivity index (χ1) is 8.91. The summed E-state index contributed by atoms with van der Waals surface area (Å²) in [5.41, 5.74) is 6.15. The van der Waals surface area contributed by atoms with Gasteiger partial charge in [-0.05, 0) is 25.7 Å². The van der Waals surface area contributed by atoms with Crippen molar-refractivity contribution in [3.05, 3.63) is 10.6 Å². The van der Waals surface area contributed by atoms with E-state index >= 15 is 0 Å². The number of hydrogen-bond acceptors (Lipinski definition) is 5. The highest BCUT2D eigenvalue weighted by Gasteiger charge is 2.38. The van der Waals surface area contributed by atoms with Gasteiger partial charge in [0.15, 0.2) is 5.13 Å². The minimum absolute atomic E-state index is 0.0409. The second-order valence-electron chi connectivity index (χ2n) is 4.87. The van der Waals surface area contributed by atoms with Crippen LogP contribution in [0.2, 0.25) is 0 Å². The molecular formula is C12H17N3O3S. The number of aromatic nitrogens is 1. The minimum Gasteiger partial charge on any atom is -0.480 e. The van der Waals surface area contributed by atoms with Gasteiger partial charge in [-0.2, -0.15) is 0 Å². The average Bonchev–Trinajstić information content (AvgIpc) is 2.66. The highest BCUT2D eigenvalue weighted by atomic mass is 32.1. The van der Waals surface area contributed by atoms with Gasteiger partial charge in [0.1, 0.15) is 10.9 Å². The molecule has 1 amide bonds. The van der Waals surface area contributed by atoms with E-state index in [2.05, 4.69) is 4.98 Å². The quantitative estimate of drug-likeness (QED) is 0.854. The first kappa shape index (κ1) is 13.8. The lowest BCUT2D eigenvalue weighted by Gasteiger charge is -2.37. The number of carboxylic acid groups (broad SMARTS) is 1. The summed E-state index contributed by atoms with van der Waals surface area (Å²) in [5.74, 6) is -1.26. The number of hydrogen-bond donors (Lipinski definition) is 2. The fraction of sp³-hybridized carbons (Fsp3) is 0.583. The number of carbonyl (C=O) groups excluding carboxylic acids is 1. The second kappa shape index (κ2) is 5.16. The van der Waals surface area contributed by atoms with Gasteiger partial charge in [0.25, 0.3) is 5.91 Å². The van der Waals surface area contributed by atoms with Gasteiger partial charge in [0.05, 0.1) is 5.69 Å². The van der Waals surface area contributed by atoms with Gasteiger partial charge in [-0.3, -0.25) is 4.79 Å². The Balaban J connectivity index is 2.30. The summed E-state index contributed by atoms with van der Waals surface area (Å²) in [6, 6.07) is -0.760. The Bertz CT molecular complexity index is 514. The Hall–Kier alpha value is -1.63. The number of nitrogen functional groups attached to an aromatic ring is 1. The van der Waals surface area contributed by atoms with Crippen LogP contribution < -0.4 is 5.73 Å². The van der Waals surface area contributed by atoms with Crippen molar-refractivity contribution in [2.45, 2.75) is 32.7 Å². The van der Waals surface area contributed by atoms with Crippen LogP contribution in [0.5, 0.6) is 0 Å². The van der Waals surface area contributed by atoms with Gasteiger partial charge >= 0.3 is 5.97 Å². The van der Waals surface area contributed by atoms with E-state index in [9.17, 15) is 14.7 Å². The molecule has 1 aliphatic rings. The number of amides is 1. The Labute approximate surface area is 115 Å². The van der Waals surface area contributed by atoms with Gasteiger partial charge in [-0.25, -0.2) is 9.78 Å². The van der Waals surface area contributed by atoms with Gasteiger partial charge < -0.3 is 15.7 Å². The molecule has 2 rings (SSSR count). The third-order valence-electron chi connectivity index (χ3n) is 3.45. The standard InChI is InChI=1S/C12H17N3O3S/c1-6-4-3-5-15(8(6)11(17)18)10(16)9-7(2)14-12(13)19-9/h6,8H,3-5H2,1-2H3,(H2,13,14)(H,17,18). The summed E-state index contributed by atoms with van der Waals surface area (Å²) >= 11 is 1.11. The fourth-order valence-electron chi connectivity index (χ4n) is 2.54. The van der Waals surface area contributed by atoms with E-state index in [1.807, 2.05) is 6.92 Å². The number of likely N-dealkylation sites (tertiary alicyclic amines) is 1. The molecule has 0 bridgehead atoms. The smallest absolute Gasteiger partial charge is 0.326 e. The molecular weight excluding hydrogens is 266 g/mol. The number of nitrogens with two attached hydrogens (primary N) is 1. The Kier molecular flexibility index (Phi) is 3.75. The predicted octanol–water partition coefficient (Wildman–Crippen LogP) is 1.36. The zero-order valence-corrected chi connectivity index (χ0v) is 11.7. The first-order valence-electron chi connectivity index (χ1n) is 6.18. The normalized spacial score (nSPS) is 23.4. The third kappa shape index (κ3) is 2.56. The van der Waals surface area contributed by atoms with E-state index in [0.29, 0.717) is 22.2 Å². The molecule has 19 heavy (non-hydrogen) atoms. The van der Waals surface area contributed by atoms with Crippen LogP contribution in [0.15, 0.2) is 0 Å². The highest BCUT2D eigenvalue weighted by molar-refractivity contribution is 7.17. The monoisotopic (exact) mass is 283 g/mol. The van der Waals surface area contributed by atoms with Gasteiger partial charge in [-0.1, -0.05) is 18.3 Å². The minimum atomic E-state index is -0.948. The summed E-state index contributed by atoms with van der Waals surface area (Å²) in [7, 11) is 0. The van der Waals surface area contributed by atoms with Crippen LogP contribution in [-0.2, 0) is 4.79 Å². The molecule has 1 aromatic rings. The molecule has 104 valence electrons. The van der Waals surface area contributed by atoms with Crippen LogP contribution in [0.4, 0.5) is 5.13 Å². The maximum atomic E-state index is 12.5. The van der Waals surface area contributed by atoms with Crippen molar-refractivity contribution in [3.63, 3.8) is 0 Å². The van der Waals surface area contributed by atoms with Crippen molar-refractivity contribution in [2.75, 3.05) is 12.3 Å². The summed E-state index contributed by atoms with van der Waals surface area (Å²) in [6.07, 6.45) is 1.65. The Morgan fingerprint density at radius 1 is 1.53 bits per heavy atom. The largest absolute Gasteiger partial charge is 0.480 e. The molecule has 2 heterocycles. The SMILES string of the molecule is Cc1nc(N)sc1C(=O)N1CCCC(C)C1C(=O)O. The number of nitrogens with zero attached hydrogens (tertiary/aromatic N) is 2. The lowest BCUT2D eigenvalue weighted by Crippen LogP contribution is -2.51. The van der Waals surface area contributed by atoms with Crippen LogP contribution >= 0.6 is 11.3 Å². The van der Waals surface area contributed by atoms with Crippen molar-refractivity contribution in [1.29, 1.82) is 0 Å². The molecule has 2 atom stereocenters. The molecule has 0 aliphatic carbocycles. The first-order valence-corrected chi connectivity index (χ1v) is 7.00. The molecule has 7 heteroatoms. The molecule has 1 aliphatic heterocycles. The van der Waals surface area contributed by atoms with E-state index < -0.39 is 12.0 Å². The average molecular weight is 283 g/mol. The topological polar surface area (TPSA) is 96.5 Å². The van der Waals surface area contributed by atoms with Gasteiger partial charge in [-0.15, -0.1) is 0 Å². The van der Waals surface area contributed by atoms with Gasteiger partial charge in [0.2, 0.25) is 0 Å². The molecule has 6 nitrogen and oxygen atoms in total. The highest BCUT2D eigenvalue weighted by Crippen LogP contribution is 2.28. The number of carboxylic acids is 1. The molecule has 1 saturated heterocycles. The zero-order valence-electron chi connectivity index (χ0n) is 10.9. The van der Waals surface area contributed by atoms with Crippen molar-refractivity contribution in [2.24, 2.45) is 5.92 Å². The number of thiazole rings is 1. The van der Waals surface area contributed by atoms with Crippen molar-refractivity contribution in [1.82, 2.24) is 9.88 Å². The van der Waals surface area contributed by atoms with Gasteiger partial charge in [0, 0.05) is 6.54 Å². The summed E-state index contributed by atoms with van der Waals surface area (Å²) < 4.78 is 0. The lowest BCUT2D eigenvalue weighted by atomic mass is 9.90. The third-order valence-corrected chi connectivity index (χ3v) is 4.43. The van der Waals surface area contributed by atoms with E-state index in [1.54, 1.807) is 6.92 Å². The molecule has 0 spiro atoms. The predicted molar refractivity (Wildman–Crippen MR) is 72.1 cm³/mol. The summed E-state index contributed by atoms with van der Waals surface area (Å²) in [5, 5.41) is 9.65. The second-order valence-corrected chi connectivity index (χ2v) is 5.90. The number of carbonyl (C=O) groups is 2. The maximum absolute atomic E-state index is 12.5. The number of aryl methyl sites for hydroxylation is 1. The number of rotatable bonds is 2. The zero-order chi connectivity index (χ0) is 14.2. The van der Waals surface area contributed by atoms with E-state index in [1.165, 1.54) is 4.90 Å². The fourth-order valence-corrected chi connectivity index (χ4v) is 3.33. The van der Waals surface area contributed by atoms with Crippen LogP contribution in [0.3, 0.4) is 0 Å². The van der Waals surface area contributed by atoms with Crippen LogP contribution in [-0.4, -0.2) is 39.5 Å². The molecule has 2 unspecified atom stereocenters. The number of aliphatic carboxylic acids is 1. The van der Waals surface area contributed by atoms with E-state index in [-0.39, 0.29) is 11.8 Å². The van der Waals surface area contributed by atoms with E-state index in [4.69, 9.17) is 5.73 Å². The lowest BCUT2D eigenvalue weighted by molar-refractivity contribution is -0.145.